The number of amidine groups is 1. The molecular weight excluding hydrogens is 323 g/mol. The number of rotatable bonds is 4. The number of halogens is 2. The molecule has 0 amide bonds. The van der Waals surface area contributed by atoms with Gasteiger partial charge in [-0.1, -0.05) is 28.1 Å². The van der Waals surface area contributed by atoms with Gasteiger partial charge in [-0.2, -0.15) is 0 Å². The summed E-state index contributed by atoms with van der Waals surface area (Å²) in [6.45, 7) is 2.15. The largest absolute Gasteiger partial charge is 0.489 e. The summed E-state index contributed by atoms with van der Waals surface area (Å²) in [6, 6.07) is 9.94. The van der Waals surface area contributed by atoms with Crippen molar-refractivity contribution in [2.75, 3.05) is 0 Å². The number of aryl methyl sites for hydroxylation is 1. The Balaban J connectivity index is 2.18. The highest BCUT2D eigenvalue weighted by atomic mass is 79.9. The summed E-state index contributed by atoms with van der Waals surface area (Å²) in [5, 5.41) is 7.42. The van der Waals surface area contributed by atoms with Crippen LogP contribution in [-0.4, -0.2) is 5.84 Å². The average molecular weight is 337 g/mol. The van der Waals surface area contributed by atoms with Crippen LogP contribution < -0.4 is 10.5 Å². The minimum Gasteiger partial charge on any atom is -0.489 e. The summed E-state index contributed by atoms with van der Waals surface area (Å²) in [4.78, 5) is 0. The third-order valence-electron chi connectivity index (χ3n) is 2.82. The molecule has 2 rings (SSSR count). The molecule has 0 saturated heterocycles. The quantitative estimate of drug-likeness (QED) is 0.659. The fourth-order valence-electron chi connectivity index (χ4n) is 1.78. The van der Waals surface area contributed by atoms with Crippen molar-refractivity contribution in [3.05, 3.63) is 63.4 Å². The molecule has 5 heteroatoms. The van der Waals surface area contributed by atoms with E-state index in [1.54, 1.807) is 18.2 Å². The minimum atomic E-state index is -0.313. The van der Waals surface area contributed by atoms with E-state index < -0.39 is 0 Å². The van der Waals surface area contributed by atoms with E-state index in [1.165, 1.54) is 12.1 Å². The van der Waals surface area contributed by atoms with Gasteiger partial charge in [-0.05, 0) is 42.3 Å². The first-order chi connectivity index (χ1) is 9.45. The van der Waals surface area contributed by atoms with Crippen LogP contribution in [0.15, 0.2) is 40.9 Å². The Kier molecular flexibility index (Phi) is 4.39. The number of ether oxygens (including phenoxy) is 1. The van der Waals surface area contributed by atoms with Gasteiger partial charge in [0.25, 0.3) is 0 Å². The standard InChI is InChI=1S/C15H14BrFN2O/c1-9-2-3-11(15(18)19)6-14(9)20-8-10-4-12(16)7-13(17)5-10/h2-7H,8H2,1H3,(H3,18,19). The topological polar surface area (TPSA) is 59.1 Å². The zero-order chi connectivity index (χ0) is 14.7. The fraction of sp³-hybridized carbons (Fsp3) is 0.133. The number of nitrogens with two attached hydrogens (primary N) is 1. The smallest absolute Gasteiger partial charge is 0.124 e. The Hall–Kier alpha value is -1.88. The third-order valence-corrected chi connectivity index (χ3v) is 3.27. The molecule has 0 aromatic heterocycles. The molecule has 0 fully saturated rings. The second kappa shape index (κ2) is 6.05. The van der Waals surface area contributed by atoms with Crippen molar-refractivity contribution >= 4 is 21.8 Å². The van der Waals surface area contributed by atoms with Gasteiger partial charge in [-0.3, -0.25) is 5.41 Å². The van der Waals surface area contributed by atoms with Crippen molar-refractivity contribution in [3.63, 3.8) is 0 Å². The van der Waals surface area contributed by atoms with E-state index in [4.69, 9.17) is 15.9 Å². The van der Waals surface area contributed by atoms with Crippen LogP contribution in [0, 0.1) is 18.2 Å². The Bertz CT molecular complexity index is 638. The van der Waals surface area contributed by atoms with Crippen molar-refractivity contribution in [1.82, 2.24) is 0 Å². The zero-order valence-electron chi connectivity index (χ0n) is 10.9. The predicted octanol–water partition coefficient (Wildman–Crippen LogP) is 3.76. The number of benzene rings is 2. The van der Waals surface area contributed by atoms with E-state index in [2.05, 4.69) is 15.9 Å². The van der Waals surface area contributed by atoms with Crippen LogP contribution in [0.4, 0.5) is 4.39 Å². The van der Waals surface area contributed by atoms with Crippen LogP contribution in [0.3, 0.4) is 0 Å². The maximum absolute atomic E-state index is 13.3. The lowest BCUT2D eigenvalue weighted by Crippen LogP contribution is -2.11. The van der Waals surface area contributed by atoms with Gasteiger partial charge in [0.05, 0.1) is 0 Å². The van der Waals surface area contributed by atoms with Crippen molar-refractivity contribution < 1.29 is 9.13 Å². The molecule has 20 heavy (non-hydrogen) atoms. The molecule has 3 nitrogen and oxygen atoms in total. The number of hydrogen-bond acceptors (Lipinski definition) is 2. The molecule has 0 aliphatic rings. The Morgan fingerprint density at radius 1 is 1.30 bits per heavy atom. The van der Waals surface area contributed by atoms with Gasteiger partial charge in [0.2, 0.25) is 0 Å². The molecule has 2 aromatic rings. The molecule has 0 spiro atoms. The van der Waals surface area contributed by atoms with Gasteiger partial charge in [0.15, 0.2) is 0 Å². The molecule has 0 aliphatic heterocycles. The average Bonchev–Trinajstić information content (AvgIpc) is 2.36. The van der Waals surface area contributed by atoms with Gasteiger partial charge in [0, 0.05) is 10.0 Å². The maximum atomic E-state index is 13.3. The Morgan fingerprint density at radius 2 is 2.05 bits per heavy atom. The van der Waals surface area contributed by atoms with E-state index in [-0.39, 0.29) is 18.3 Å². The van der Waals surface area contributed by atoms with Crippen LogP contribution in [-0.2, 0) is 6.61 Å². The summed E-state index contributed by atoms with van der Waals surface area (Å²) < 4.78 is 19.6. The van der Waals surface area contributed by atoms with Gasteiger partial charge in [0.1, 0.15) is 24.0 Å². The van der Waals surface area contributed by atoms with Gasteiger partial charge in [-0.15, -0.1) is 0 Å². The molecular formula is C15H14BrFN2O. The molecule has 0 atom stereocenters. The fourth-order valence-corrected chi connectivity index (χ4v) is 2.29. The van der Waals surface area contributed by atoms with E-state index in [0.717, 1.165) is 11.1 Å². The van der Waals surface area contributed by atoms with Crippen LogP contribution in [0.1, 0.15) is 16.7 Å². The predicted molar refractivity (Wildman–Crippen MR) is 80.6 cm³/mol. The second-order valence-electron chi connectivity index (χ2n) is 4.46. The summed E-state index contributed by atoms with van der Waals surface area (Å²) in [5.41, 5.74) is 7.72. The molecule has 3 N–H and O–H groups in total. The zero-order valence-corrected chi connectivity index (χ0v) is 12.5. The monoisotopic (exact) mass is 336 g/mol. The first kappa shape index (κ1) is 14.5. The van der Waals surface area contributed by atoms with Gasteiger partial charge >= 0.3 is 0 Å². The Morgan fingerprint density at radius 3 is 2.70 bits per heavy atom. The molecule has 0 aliphatic carbocycles. The highest BCUT2D eigenvalue weighted by Crippen LogP contribution is 2.22. The van der Waals surface area contributed by atoms with E-state index in [0.29, 0.717) is 15.8 Å². The first-order valence-corrected chi connectivity index (χ1v) is 6.78. The number of nitrogen functional groups attached to an aromatic ring is 1. The van der Waals surface area contributed by atoms with E-state index in [9.17, 15) is 4.39 Å². The highest BCUT2D eigenvalue weighted by Gasteiger charge is 2.05. The van der Waals surface area contributed by atoms with E-state index >= 15 is 0 Å². The third kappa shape index (κ3) is 3.57. The maximum Gasteiger partial charge on any atom is 0.124 e. The van der Waals surface area contributed by atoms with Crippen LogP contribution in [0.5, 0.6) is 5.75 Å². The van der Waals surface area contributed by atoms with Crippen molar-refractivity contribution in [3.8, 4) is 5.75 Å². The lowest BCUT2D eigenvalue weighted by atomic mass is 10.1. The Labute approximate surface area is 125 Å². The summed E-state index contributed by atoms with van der Waals surface area (Å²) in [6.07, 6.45) is 0. The summed E-state index contributed by atoms with van der Waals surface area (Å²) in [5.74, 6) is 0.314. The van der Waals surface area contributed by atoms with Crippen molar-refractivity contribution in [2.45, 2.75) is 13.5 Å². The molecule has 104 valence electrons. The summed E-state index contributed by atoms with van der Waals surface area (Å²) in [7, 11) is 0. The normalized spacial score (nSPS) is 10.3. The number of hydrogen-bond donors (Lipinski definition) is 2. The molecule has 0 heterocycles. The molecule has 0 unspecified atom stereocenters. The first-order valence-electron chi connectivity index (χ1n) is 5.98. The molecule has 0 radical (unpaired) electrons. The number of nitrogens with one attached hydrogen (secondary N) is 1. The van der Waals surface area contributed by atoms with Gasteiger partial charge in [-0.25, -0.2) is 4.39 Å². The SMILES string of the molecule is Cc1ccc(C(=N)N)cc1OCc1cc(F)cc(Br)c1. The van der Waals surface area contributed by atoms with Gasteiger partial charge < -0.3 is 10.5 Å². The molecule has 0 bridgehead atoms. The molecule has 0 saturated carbocycles. The van der Waals surface area contributed by atoms with E-state index in [1.807, 2.05) is 13.0 Å². The highest BCUT2D eigenvalue weighted by molar-refractivity contribution is 9.10. The van der Waals surface area contributed by atoms with Crippen LogP contribution >= 0.6 is 15.9 Å². The lowest BCUT2D eigenvalue weighted by molar-refractivity contribution is 0.303. The second-order valence-corrected chi connectivity index (χ2v) is 5.38. The van der Waals surface area contributed by atoms with Crippen LogP contribution in [0.2, 0.25) is 0 Å². The summed E-state index contributed by atoms with van der Waals surface area (Å²) >= 11 is 3.24. The van der Waals surface area contributed by atoms with Crippen LogP contribution in [0.25, 0.3) is 0 Å². The minimum absolute atomic E-state index is 0.0108. The van der Waals surface area contributed by atoms with Crippen molar-refractivity contribution in [1.29, 1.82) is 5.41 Å². The molecule has 2 aromatic carbocycles. The van der Waals surface area contributed by atoms with Crippen molar-refractivity contribution in [2.24, 2.45) is 5.73 Å². The lowest BCUT2D eigenvalue weighted by Gasteiger charge is -2.11.